The minimum atomic E-state index is -1.11. The van der Waals surface area contributed by atoms with E-state index < -0.39 is 23.7 Å². The first-order valence-electron chi connectivity index (χ1n) is 7.83. The molecule has 0 aliphatic carbocycles. The number of hydrogen-bond donors (Lipinski definition) is 2. The van der Waals surface area contributed by atoms with Crippen LogP contribution in [0.5, 0.6) is 5.75 Å². The van der Waals surface area contributed by atoms with E-state index in [1.807, 2.05) is 0 Å². The standard InChI is InChI=1S/C19H20N2O5/c1-21(2)18(23)17(22)14-6-4-5-7-15(14)20-16(19(24)25)12-8-10-13(26-3)11-9-12/h4-11,16,20H,1-3H3,(H,24,25). The molecule has 0 aliphatic heterocycles. The van der Waals surface area contributed by atoms with Crippen LogP contribution in [0.3, 0.4) is 0 Å². The van der Waals surface area contributed by atoms with Gasteiger partial charge in [-0.25, -0.2) is 4.79 Å². The average Bonchev–Trinajstić information content (AvgIpc) is 2.65. The number of para-hydroxylation sites is 1. The van der Waals surface area contributed by atoms with Crippen LogP contribution in [0.2, 0.25) is 0 Å². The molecule has 7 heteroatoms. The molecule has 136 valence electrons. The minimum absolute atomic E-state index is 0.117. The third-order valence-corrected chi connectivity index (χ3v) is 3.77. The number of benzene rings is 2. The topological polar surface area (TPSA) is 95.9 Å². The lowest BCUT2D eigenvalue weighted by atomic mass is 10.0. The van der Waals surface area contributed by atoms with E-state index in [1.165, 1.54) is 32.2 Å². The summed E-state index contributed by atoms with van der Waals surface area (Å²) in [5, 5.41) is 12.4. The average molecular weight is 356 g/mol. The van der Waals surface area contributed by atoms with Crippen molar-refractivity contribution in [2.45, 2.75) is 6.04 Å². The van der Waals surface area contributed by atoms with Gasteiger partial charge < -0.3 is 20.1 Å². The van der Waals surface area contributed by atoms with Gasteiger partial charge in [-0.1, -0.05) is 24.3 Å². The predicted octanol–water partition coefficient (Wildman–Crippen LogP) is 2.20. The minimum Gasteiger partial charge on any atom is -0.497 e. The summed E-state index contributed by atoms with van der Waals surface area (Å²) in [6.07, 6.45) is 0. The van der Waals surface area contributed by atoms with Crippen molar-refractivity contribution >= 4 is 23.3 Å². The number of ether oxygens (including phenoxy) is 1. The number of carbonyl (C=O) groups is 3. The molecule has 0 heterocycles. The van der Waals surface area contributed by atoms with Crippen LogP contribution < -0.4 is 10.1 Å². The van der Waals surface area contributed by atoms with Crippen molar-refractivity contribution in [3.8, 4) is 5.75 Å². The number of likely N-dealkylation sites (N-methyl/N-ethyl adjacent to an activating group) is 1. The second-order valence-electron chi connectivity index (χ2n) is 5.76. The number of rotatable bonds is 7. The smallest absolute Gasteiger partial charge is 0.330 e. The number of carboxylic acid groups (broad SMARTS) is 1. The Morgan fingerprint density at radius 2 is 1.65 bits per heavy atom. The molecular formula is C19H20N2O5. The molecule has 0 aromatic heterocycles. The van der Waals surface area contributed by atoms with Crippen molar-refractivity contribution in [1.82, 2.24) is 4.90 Å². The van der Waals surface area contributed by atoms with Gasteiger partial charge in [-0.3, -0.25) is 9.59 Å². The highest BCUT2D eigenvalue weighted by Crippen LogP contribution is 2.25. The summed E-state index contributed by atoms with van der Waals surface area (Å²) in [5.41, 5.74) is 0.876. The van der Waals surface area contributed by atoms with Crippen molar-refractivity contribution in [1.29, 1.82) is 0 Å². The Balaban J connectivity index is 2.36. The molecule has 1 atom stereocenters. The van der Waals surface area contributed by atoms with Gasteiger partial charge in [-0.2, -0.15) is 0 Å². The number of carboxylic acids is 1. The van der Waals surface area contributed by atoms with Crippen molar-refractivity contribution in [2.24, 2.45) is 0 Å². The number of nitrogens with zero attached hydrogens (tertiary/aromatic N) is 1. The second kappa shape index (κ2) is 8.15. The number of methoxy groups -OCH3 is 1. The predicted molar refractivity (Wildman–Crippen MR) is 96.5 cm³/mol. The fourth-order valence-corrected chi connectivity index (χ4v) is 2.36. The Labute approximate surface area is 151 Å². The van der Waals surface area contributed by atoms with Gasteiger partial charge in [0.15, 0.2) is 6.04 Å². The summed E-state index contributed by atoms with van der Waals surface area (Å²) in [6, 6.07) is 11.8. The van der Waals surface area contributed by atoms with Crippen LogP contribution in [0, 0.1) is 0 Å². The van der Waals surface area contributed by atoms with Gasteiger partial charge in [0.2, 0.25) is 0 Å². The number of Topliss-reactive ketones (excluding diaryl/α,β-unsaturated/α-hetero) is 1. The lowest BCUT2D eigenvalue weighted by Crippen LogP contribution is -2.31. The zero-order valence-corrected chi connectivity index (χ0v) is 14.7. The summed E-state index contributed by atoms with van der Waals surface area (Å²) in [5.74, 6) is -1.91. The van der Waals surface area contributed by atoms with Crippen LogP contribution in [0.25, 0.3) is 0 Å². The van der Waals surface area contributed by atoms with Crippen LogP contribution >= 0.6 is 0 Å². The van der Waals surface area contributed by atoms with Gasteiger partial charge in [-0.05, 0) is 29.8 Å². The van der Waals surface area contributed by atoms with Gasteiger partial charge in [0.25, 0.3) is 11.7 Å². The lowest BCUT2D eigenvalue weighted by molar-refractivity contribution is -0.138. The van der Waals surface area contributed by atoms with Gasteiger partial charge in [-0.15, -0.1) is 0 Å². The lowest BCUT2D eigenvalue weighted by Gasteiger charge is -2.19. The number of aliphatic carboxylic acids is 1. The maximum absolute atomic E-state index is 12.4. The van der Waals surface area contributed by atoms with Gasteiger partial charge in [0.1, 0.15) is 5.75 Å². The van der Waals surface area contributed by atoms with Crippen LogP contribution in [-0.2, 0) is 9.59 Å². The van der Waals surface area contributed by atoms with Gasteiger partial charge >= 0.3 is 5.97 Å². The van der Waals surface area contributed by atoms with Crippen LogP contribution in [0.15, 0.2) is 48.5 Å². The van der Waals surface area contributed by atoms with E-state index in [-0.39, 0.29) is 11.3 Å². The largest absolute Gasteiger partial charge is 0.497 e. The van der Waals surface area contributed by atoms with Gasteiger partial charge in [0.05, 0.1) is 12.7 Å². The third kappa shape index (κ3) is 4.18. The molecular weight excluding hydrogens is 336 g/mol. The number of anilines is 1. The summed E-state index contributed by atoms with van der Waals surface area (Å²) in [7, 11) is 4.48. The summed E-state index contributed by atoms with van der Waals surface area (Å²) in [4.78, 5) is 37.3. The number of hydrogen-bond acceptors (Lipinski definition) is 5. The zero-order chi connectivity index (χ0) is 19.3. The van der Waals surface area contributed by atoms with E-state index in [9.17, 15) is 19.5 Å². The third-order valence-electron chi connectivity index (χ3n) is 3.77. The first-order valence-corrected chi connectivity index (χ1v) is 7.83. The van der Waals surface area contributed by atoms with Crippen molar-refractivity contribution in [3.63, 3.8) is 0 Å². The van der Waals surface area contributed by atoms with E-state index in [4.69, 9.17) is 4.74 Å². The van der Waals surface area contributed by atoms with E-state index in [1.54, 1.807) is 42.5 Å². The second-order valence-corrected chi connectivity index (χ2v) is 5.76. The van der Waals surface area contributed by atoms with Crippen molar-refractivity contribution < 1.29 is 24.2 Å². The van der Waals surface area contributed by atoms with E-state index >= 15 is 0 Å². The molecule has 0 saturated carbocycles. The molecule has 1 unspecified atom stereocenters. The quantitative estimate of drug-likeness (QED) is 0.583. The number of carbonyl (C=O) groups excluding carboxylic acids is 2. The SMILES string of the molecule is COc1ccc(C(Nc2ccccc2C(=O)C(=O)N(C)C)C(=O)O)cc1. The fraction of sp³-hybridized carbons (Fsp3) is 0.211. The van der Waals surface area contributed by atoms with Crippen LogP contribution in [0.1, 0.15) is 22.0 Å². The monoisotopic (exact) mass is 356 g/mol. The Bertz CT molecular complexity index is 815. The molecule has 0 fully saturated rings. The molecule has 2 aromatic carbocycles. The summed E-state index contributed by atoms with van der Waals surface area (Å²) >= 11 is 0. The first kappa shape index (κ1) is 19.0. The van der Waals surface area contributed by atoms with Crippen LogP contribution in [0.4, 0.5) is 5.69 Å². The molecule has 0 spiro atoms. The maximum Gasteiger partial charge on any atom is 0.330 e. The van der Waals surface area contributed by atoms with Gasteiger partial charge in [0, 0.05) is 19.8 Å². The fourth-order valence-electron chi connectivity index (χ4n) is 2.36. The molecule has 2 rings (SSSR count). The number of nitrogens with one attached hydrogen (secondary N) is 1. The Kier molecular flexibility index (Phi) is 5.95. The molecule has 0 bridgehead atoms. The van der Waals surface area contributed by atoms with Crippen molar-refractivity contribution in [3.05, 3.63) is 59.7 Å². The Hall–Kier alpha value is -3.35. The zero-order valence-electron chi connectivity index (χ0n) is 14.7. The van der Waals surface area contributed by atoms with E-state index in [2.05, 4.69) is 5.32 Å². The Morgan fingerprint density at radius 1 is 1.04 bits per heavy atom. The normalized spacial score (nSPS) is 11.3. The van der Waals surface area contributed by atoms with E-state index in [0.717, 1.165) is 0 Å². The molecule has 7 nitrogen and oxygen atoms in total. The number of amides is 1. The molecule has 1 amide bonds. The van der Waals surface area contributed by atoms with Crippen molar-refractivity contribution in [2.75, 3.05) is 26.5 Å². The highest BCUT2D eigenvalue weighted by molar-refractivity contribution is 6.43. The Morgan fingerprint density at radius 3 is 2.19 bits per heavy atom. The highest BCUT2D eigenvalue weighted by atomic mass is 16.5. The first-order chi connectivity index (χ1) is 12.3. The molecule has 2 N–H and O–H groups in total. The molecule has 0 radical (unpaired) electrons. The molecule has 26 heavy (non-hydrogen) atoms. The molecule has 0 saturated heterocycles. The molecule has 2 aromatic rings. The van der Waals surface area contributed by atoms with Crippen LogP contribution in [-0.4, -0.2) is 48.9 Å². The number of ketones is 1. The maximum atomic E-state index is 12.4. The van der Waals surface area contributed by atoms with E-state index in [0.29, 0.717) is 11.3 Å². The highest BCUT2D eigenvalue weighted by Gasteiger charge is 2.25. The molecule has 0 aliphatic rings. The summed E-state index contributed by atoms with van der Waals surface area (Å²) < 4.78 is 5.07. The summed E-state index contributed by atoms with van der Waals surface area (Å²) in [6.45, 7) is 0.